The topological polar surface area (TPSA) is 58.6 Å². The third kappa shape index (κ3) is 4.31. The van der Waals surface area contributed by atoms with Crippen molar-refractivity contribution < 1.29 is 9.53 Å². The third-order valence-electron chi connectivity index (χ3n) is 4.53. The SMILES string of the molecule is CCCC(=O)N1CCN(c2cc(-c3ccc(OCC)cc3)ncn2)CC1. The molecule has 0 radical (unpaired) electrons. The van der Waals surface area contributed by atoms with Crippen molar-refractivity contribution in [3.8, 4) is 17.0 Å². The van der Waals surface area contributed by atoms with Crippen LogP contribution in [0.2, 0.25) is 0 Å². The molecule has 0 saturated carbocycles. The van der Waals surface area contributed by atoms with E-state index in [4.69, 9.17) is 4.74 Å². The molecule has 6 nitrogen and oxygen atoms in total. The first-order chi connectivity index (χ1) is 12.7. The van der Waals surface area contributed by atoms with Gasteiger partial charge in [-0.3, -0.25) is 4.79 Å². The first-order valence-corrected chi connectivity index (χ1v) is 9.29. The van der Waals surface area contributed by atoms with Crippen molar-refractivity contribution in [2.24, 2.45) is 0 Å². The summed E-state index contributed by atoms with van der Waals surface area (Å²) in [6, 6.07) is 9.95. The molecule has 1 aliphatic rings. The van der Waals surface area contributed by atoms with Crippen LogP contribution >= 0.6 is 0 Å². The predicted molar refractivity (Wildman–Crippen MR) is 102 cm³/mol. The van der Waals surface area contributed by atoms with Crippen molar-refractivity contribution in [1.82, 2.24) is 14.9 Å². The number of aromatic nitrogens is 2. The van der Waals surface area contributed by atoms with Gasteiger partial charge < -0.3 is 14.5 Å². The Labute approximate surface area is 154 Å². The van der Waals surface area contributed by atoms with E-state index in [9.17, 15) is 4.79 Å². The van der Waals surface area contributed by atoms with Gasteiger partial charge in [-0.1, -0.05) is 6.92 Å². The second-order valence-electron chi connectivity index (χ2n) is 6.34. The Kier molecular flexibility index (Phi) is 6.04. The Morgan fingerprint density at radius 3 is 2.46 bits per heavy atom. The summed E-state index contributed by atoms with van der Waals surface area (Å²) < 4.78 is 5.49. The minimum atomic E-state index is 0.255. The lowest BCUT2D eigenvalue weighted by molar-refractivity contribution is -0.131. The smallest absolute Gasteiger partial charge is 0.222 e. The van der Waals surface area contributed by atoms with E-state index in [1.807, 2.05) is 49.1 Å². The van der Waals surface area contributed by atoms with Gasteiger partial charge in [-0.15, -0.1) is 0 Å². The molecule has 0 atom stereocenters. The number of carbonyl (C=O) groups is 1. The maximum absolute atomic E-state index is 12.0. The molecule has 6 heteroatoms. The maximum Gasteiger partial charge on any atom is 0.222 e. The third-order valence-corrected chi connectivity index (χ3v) is 4.53. The van der Waals surface area contributed by atoms with E-state index in [0.717, 1.165) is 55.4 Å². The normalized spacial score (nSPS) is 14.4. The zero-order valence-electron chi connectivity index (χ0n) is 15.5. The zero-order chi connectivity index (χ0) is 18.4. The summed E-state index contributed by atoms with van der Waals surface area (Å²) in [6.07, 6.45) is 3.14. The molecule has 26 heavy (non-hydrogen) atoms. The Bertz CT molecular complexity index is 725. The summed E-state index contributed by atoms with van der Waals surface area (Å²) in [7, 11) is 0. The molecule has 0 unspecified atom stereocenters. The molecule has 1 aromatic heterocycles. The number of rotatable bonds is 6. The average Bonchev–Trinajstić information content (AvgIpc) is 2.69. The summed E-state index contributed by atoms with van der Waals surface area (Å²) >= 11 is 0. The number of benzene rings is 1. The molecule has 3 rings (SSSR count). The molecule has 1 amide bonds. The van der Waals surface area contributed by atoms with E-state index < -0.39 is 0 Å². The van der Waals surface area contributed by atoms with Gasteiger partial charge in [0.05, 0.1) is 12.3 Å². The van der Waals surface area contributed by atoms with E-state index in [0.29, 0.717) is 13.0 Å². The lowest BCUT2D eigenvalue weighted by Crippen LogP contribution is -2.49. The van der Waals surface area contributed by atoms with Crippen LogP contribution in [0.1, 0.15) is 26.7 Å². The molecule has 2 aromatic rings. The second kappa shape index (κ2) is 8.65. The fourth-order valence-corrected chi connectivity index (χ4v) is 3.12. The van der Waals surface area contributed by atoms with E-state index >= 15 is 0 Å². The molecule has 138 valence electrons. The van der Waals surface area contributed by atoms with Crippen LogP contribution in [-0.4, -0.2) is 53.6 Å². The maximum atomic E-state index is 12.0. The van der Waals surface area contributed by atoms with Crippen LogP contribution in [0.5, 0.6) is 5.75 Å². The summed E-state index contributed by atoms with van der Waals surface area (Å²) in [4.78, 5) is 25.0. The number of amides is 1. The van der Waals surface area contributed by atoms with Crippen molar-refractivity contribution in [2.45, 2.75) is 26.7 Å². The van der Waals surface area contributed by atoms with Crippen LogP contribution in [0.4, 0.5) is 5.82 Å². The molecule has 1 aliphatic heterocycles. The van der Waals surface area contributed by atoms with E-state index in [1.54, 1.807) is 6.33 Å². The van der Waals surface area contributed by atoms with Crippen molar-refractivity contribution in [2.75, 3.05) is 37.7 Å². The number of anilines is 1. The number of piperazine rings is 1. The Morgan fingerprint density at radius 1 is 1.08 bits per heavy atom. The first-order valence-electron chi connectivity index (χ1n) is 9.29. The summed E-state index contributed by atoms with van der Waals surface area (Å²) in [5.41, 5.74) is 1.93. The van der Waals surface area contributed by atoms with Gasteiger partial charge in [0.15, 0.2) is 0 Å². The van der Waals surface area contributed by atoms with Gasteiger partial charge in [0.1, 0.15) is 17.9 Å². The number of carbonyl (C=O) groups excluding carboxylic acids is 1. The summed E-state index contributed by atoms with van der Waals surface area (Å²) in [5.74, 6) is 2.02. The van der Waals surface area contributed by atoms with E-state index in [2.05, 4.69) is 14.9 Å². The number of ether oxygens (including phenoxy) is 1. The van der Waals surface area contributed by atoms with Crippen LogP contribution in [0.15, 0.2) is 36.7 Å². The largest absolute Gasteiger partial charge is 0.494 e. The van der Waals surface area contributed by atoms with Gasteiger partial charge in [0.25, 0.3) is 0 Å². The van der Waals surface area contributed by atoms with Gasteiger partial charge in [0.2, 0.25) is 5.91 Å². The Hall–Kier alpha value is -2.63. The first kappa shape index (κ1) is 18.2. The van der Waals surface area contributed by atoms with Crippen LogP contribution in [0.3, 0.4) is 0 Å². The fourth-order valence-electron chi connectivity index (χ4n) is 3.12. The average molecular weight is 354 g/mol. The van der Waals surface area contributed by atoms with Gasteiger partial charge >= 0.3 is 0 Å². The van der Waals surface area contributed by atoms with Crippen molar-refractivity contribution >= 4 is 11.7 Å². The number of hydrogen-bond acceptors (Lipinski definition) is 5. The van der Waals surface area contributed by atoms with Crippen molar-refractivity contribution in [3.63, 3.8) is 0 Å². The molecular formula is C20H26N4O2. The van der Waals surface area contributed by atoms with Gasteiger partial charge in [-0.2, -0.15) is 0 Å². The molecule has 0 aliphatic carbocycles. The standard InChI is InChI=1S/C20H26N4O2/c1-3-5-20(25)24-12-10-23(11-13-24)19-14-18(21-15-22-19)16-6-8-17(9-7-16)26-4-2/h6-9,14-15H,3-5,10-13H2,1-2H3. The molecule has 0 N–H and O–H groups in total. The molecule has 2 heterocycles. The van der Waals surface area contributed by atoms with E-state index in [1.165, 1.54) is 0 Å². The second-order valence-corrected chi connectivity index (χ2v) is 6.34. The highest BCUT2D eigenvalue weighted by atomic mass is 16.5. The summed E-state index contributed by atoms with van der Waals surface area (Å²) in [6.45, 7) is 7.77. The van der Waals surface area contributed by atoms with Crippen LogP contribution in [-0.2, 0) is 4.79 Å². The van der Waals surface area contributed by atoms with Gasteiger partial charge in [0, 0.05) is 44.2 Å². The Balaban J connectivity index is 1.67. The van der Waals surface area contributed by atoms with E-state index in [-0.39, 0.29) is 5.91 Å². The lowest BCUT2D eigenvalue weighted by Gasteiger charge is -2.35. The predicted octanol–water partition coefficient (Wildman–Crippen LogP) is 2.99. The quantitative estimate of drug-likeness (QED) is 0.798. The summed E-state index contributed by atoms with van der Waals surface area (Å²) in [5, 5.41) is 0. The highest BCUT2D eigenvalue weighted by Crippen LogP contribution is 2.24. The lowest BCUT2D eigenvalue weighted by atomic mass is 10.1. The monoisotopic (exact) mass is 354 g/mol. The van der Waals surface area contributed by atoms with Gasteiger partial charge in [-0.25, -0.2) is 9.97 Å². The number of nitrogens with zero attached hydrogens (tertiary/aromatic N) is 4. The number of hydrogen-bond donors (Lipinski definition) is 0. The fraction of sp³-hybridized carbons (Fsp3) is 0.450. The Morgan fingerprint density at radius 2 is 1.81 bits per heavy atom. The minimum Gasteiger partial charge on any atom is -0.494 e. The van der Waals surface area contributed by atoms with Crippen LogP contribution in [0, 0.1) is 0 Å². The van der Waals surface area contributed by atoms with Crippen molar-refractivity contribution in [1.29, 1.82) is 0 Å². The highest BCUT2D eigenvalue weighted by molar-refractivity contribution is 5.76. The molecule has 0 spiro atoms. The van der Waals surface area contributed by atoms with Crippen molar-refractivity contribution in [3.05, 3.63) is 36.7 Å². The molecule has 1 fully saturated rings. The highest BCUT2D eigenvalue weighted by Gasteiger charge is 2.21. The molecular weight excluding hydrogens is 328 g/mol. The molecule has 1 saturated heterocycles. The molecule has 1 aromatic carbocycles. The van der Waals surface area contributed by atoms with Crippen LogP contribution in [0.25, 0.3) is 11.3 Å². The van der Waals surface area contributed by atoms with Crippen LogP contribution < -0.4 is 9.64 Å². The molecule has 0 bridgehead atoms. The van der Waals surface area contributed by atoms with Gasteiger partial charge in [-0.05, 0) is 37.6 Å². The zero-order valence-corrected chi connectivity index (χ0v) is 15.5. The minimum absolute atomic E-state index is 0.255.